The number of rotatable bonds is 1. The summed E-state index contributed by atoms with van der Waals surface area (Å²) in [5, 5.41) is 0. The van der Waals surface area contributed by atoms with E-state index in [0.717, 1.165) is 16.7 Å². The fraction of sp³-hybridized carbons (Fsp3) is 0.364. The van der Waals surface area contributed by atoms with Gasteiger partial charge in [0.2, 0.25) is 0 Å². The SMILES string of the molecule is COC(=O)c1ccc(Br)c2c1OCCN2C. The fourth-order valence-electron chi connectivity index (χ4n) is 1.72. The smallest absolute Gasteiger partial charge is 0.341 e. The predicted molar refractivity (Wildman–Crippen MR) is 64.2 cm³/mol. The molecule has 86 valence electrons. The summed E-state index contributed by atoms with van der Waals surface area (Å²) in [5.74, 6) is 0.217. The molecule has 0 fully saturated rings. The zero-order valence-electron chi connectivity index (χ0n) is 9.12. The molecule has 2 rings (SSSR count). The molecule has 1 aromatic carbocycles. The van der Waals surface area contributed by atoms with Crippen molar-refractivity contribution in [3.05, 3.63) is 22.2 Å². The van der Waals surface area contributed by atoms with Gasteiger partial charge in [0.15, 0.2) is 5.75 Å². The van der Waals surface area contributed by atoms with Gasteiger partial charge in [-0.05, 0) is 28.1 Å². The fourth-order valence-corrected chi connectivity index (χ4v) is 2.33. The molecule has 1 heterocycles. The zero-order chi connectivity index (χ0) is 11.7. The molecule has 0 radical (unpaired) electrons. The molecule has 0 atom stereocenters. The highest BCUT2D eigenvalue weighted by Gasteiger charge is 2.24. The highest BCUT2D eigenvalue weighted by atomic mass is 79.9. The van der Waals surface area contributed by atoms with Crippen LogP contribution in [0, 0.1) is 0 Å². The second kappa shape index (κ2) is 4.33. The number of esters is 1. The van der Waals surface area contributed by atoms with Crippen molar-refractivity contribution in [2.24, 2.45) is 0 Å². The van der Waals surface area contributed by atoms with Gasteiger partial charge in [-0.1, -0.05) is 0 Å². The van der Waals surface area contributed by atoms with Crippen LogP contribution in [0.4, 0.5) is 5.69 Å². The van der Waals surface area contributed by atoms with E-state index in [2.05, 4.69) is 20.8 Å². The molecule has 0 bridgehead atoms. The summed E-state index contributed by atoms with van der Waals surface area (Å²) in [6.07, 6.45) is 0. The number of ether oxygens (including phenoxy) is 2. The van der Waals surface area contributed by atoms with E-state index in [1.165, 1.54) is 7.11 Å². The molecule has 0 aliphatic carbocycles. The van der Waals surface area contributed by atoms with Crippen LogP contribution in [0.1, 0.15) is 10.4 Å². The summed E-state index contributed by atoms with van der Waals surface area (Å²) in [7, 11) is 3.33. The van der Waals surface area contributed by atoms with Gasteiger partial charge in [0.1, 0.15) is 12.2 Å². The summed E-state index contributed by atoms with van der Waals surface area (Å²) in [6.45, 7) is 1.38. The van der Waals surface area contributed by atoms with Crippen LogP contribution in [-0.2, 0) is 4.74 Å². The second-order valence-corrected chi connectivity index (χ2v) is 4.39. The number of anilines is 1. The molecule has 5 heteroatoms. The predicted octanol–water partition coefficient (Wildman–Crippen LogP) is 2.06. The van der Waals surface area contributed by atoms with Crippen molar-refractivity contribution in [1.29, 1.82) is 0 Å². The normalized spacial score (nSPS) is 14.1. The Morgan fingerprint density at radius 2 is 2.31 bits per heavy atom. The molecule has 16 heavy (non-hydrogen) atoms. The maximum atomic E-state index is 11.6. The number of carbonyl (C=O) groups is 1. The number of hydrogen-bond acceptors (Lipinski definition) is 4. The van der Waals surface area contributed by atoms with Gasteiger partial charge < -0.3 is 14.4 Å². The van der Waals surface area contributed by atoms with Crippen LogP contribution in [0.25, 0.3) is 0 Å². The molecule has 0 aromatic heterocycles. The number of nitrogens with zero attached hydrogens (tertiary/aromatic N) is 1. The lowest BCUT2D eigenvalue weighted by molar-refractivity contribution is 0.0595. The quantitative estimate of drug-likeness (QED) is 0.741. The van der Waals surface area contributed by atoms with Gasteiger partial charge >= 0.3 is 5.97 Å². The lowest BCUT2D eigenvalue weighted by atomic mass is 10.1. The van der Waals surface area contributed by atoms with Crippen LogP contribution in [0.5, 0.6) is 5.75 Å². The molecule has 0 spiro atoms. The van der Waals surface area contributed by atoms with Crippen molar-refractivity contribution in [2.75, 3.05) is 32.2 Å². The third-order valence-electron chi connectivity index (χ3n) is 2.54. The average Bonchev–Trinajstić information content (AvgIpc) is 2.28. The molecule has 1 aliphatic heterocycles. The van der Waals surface area contributed by atoms with Gasteiger partial charge in [-0.15, -0.1) is 0 Å². The van der Waals surface area contributed by atoms with E-state index < -0.39 is 0 Å². The zero-order valence-corrected chi connectivity index (χ0v) is 10.7. The van der Waals surface area contributed by atoms with Crippen molar-refractivity contribution in [1.82, 2.24) is 0 Å². The number of methoxy groups -OCH3 is 1. The van der Waals surface area contributed by atoms with Gasteiger partial charge in [-0.3, -0.25) is 0 Å². The van der Waals surface area contributed by atoms with Crippen molar-refractivity contribution < 1.29 is 14.3 Å². The Morgan fingerprint density at radius 1 is 1.56 bits per heavy atom. The Bertz CT molecular complexity index is 433. The van der Waals surface area contributed by atoms with Crippen molar-refractivity contribution in [3.63, 3.8) is 0 Å². The maximum Gasteiger partial charge on any atom is 0.341 e. The molecular weight excluding hydrogens is 274 g/mol. The Balaban J connectivity index is 2.58. The van der Waals surface area contributed by atoms with Gasteiger partial charge in [0.05, 0.1) is 19.3 Å². The van der Waals surface area contributed by atoms with E-state index in [0.29, 0.717) is 17.9 Å². The molecule has 1 aliphatic rings. The van der Waals surface area contributed by atoms with Crippen LogP contribution >= 0.6 is 15.9 Å². The standard InChI is InChI=1S/C11H12BrNO3/c1-13-5-6-16-10-7(11(14)15-2)3-4-8(12)9(10)13/h3-4H,5-6H2,1-2H3. The van der Waals surface area contributed by atoms with Crippen molar-refractivity contribution >= 4 is 27.6 Å². The largest absolute Gasteiger partial charge is 0.489 e. The van der Waals surface area contributed by atoms with E-state index >= 15 is 0 Å². The molecule has 0 unspecified atom stereocenters. The van der Waals surface area contributed by atoms with E-state index in [4.69, 9.17) is 9.47 Å². The first-order chi connectivity index (χ1) is 7.65. The summed E-state index contributed by atoms with van der Waals surface area (Å²) >= 11 is 3.45. The molecule has 0 N–H and O–H groups in total. The molecular formula is C11H12BrNO3. The highest BCUT2D eigenvalue weighted by molar-refractivity contribution is 9.10. The van der Waals surface area contributed by atoms with Crippen molar-refractivity contribution in [2.45, 2.75) is 0 Å². The first-order valence-corrected chi connectivity index (χ1v) is 5.69. The van der Waals surface area contributed by atoms with Crippen molar-refractivity contribution in [3.8, 4) is 5.75 Å². The van der Waals surface area contributed by atoms with Crippen LogP contribution in [0.15, 0.2) is 16.6 Å². The number of hydrogen-bond donors (Lipinski definition) is 0. The third kappa shape index (κ3) is 1.75. The first-order valence-electron chi connectivity index (χ1n) is 4.90. The van der Waals surface area contributed by atoms with E-state index in [-0.39, 0.29) is 5.97 Å². The summed E-state index contributed by atoms with van der Waals surface area (Å²) in [5.41, 5.74) is 1.36. The Kier molecular flexibility index (Phi) is 3.05. The monoisotopic (exact) mass is 285 g/mol. The van der Waals surface area contributed by atoms with Crippen LogP contribution in [0.3, 0.4) is 0 Å². The summed E-state index contributed by atoms with van der Waals surface area (Å²) < 4.78 is 11.2. The van der Waals surface area contributed by atoms with Gasteiger partial charge in [0, 0.05) is 11.5 Å². The van der Waals surface area contributed by atoms with E-state index in [1.807, 2.05) is 13.1 Å². The molecule has 0 saturated carbocycles. The minimum atomic E-state index is -0.376. The van der Waals surface area contributed by atoms with Gasteiger partial charge in [0.25, 0.3) is 0 Å². The lowest BCUT2D eigenvalue weighted by Crippen LogP contribution is -2.30. The van der Waals surface area contributed by atoms with E-state index in [9.17, 15) is 4.79 Å². The van der Waals surface area contributed by atoms with Crippen LogP contribution in [0.2, 0.25) is 0 Å². The minimum Gasteiger partial charge on any atom is -0.489 e. The minimum absolute atomic E-state index is 0.376. The molecule has 0 saturated heterocycles. The average molecular weight is 286 g/mol. The van der Waals surface area contributed by atoms with E-state index in [1.54, 1.807) is 6.07 Å². The number of carbonyl (C=O) groups excluding carboxylic acids is 1. The third-order valence-corrected chi connectivity index (χ3v) is 3.18. The topological polar surface area (TPSA) is 38.8 Å². The Labute approximate surface area is 102 Å². The highest BCUT2D eigenvalue weighted by Crippen LogP contribution is 2.40. The Hall–Kier alpha value is -1.23. The maximum absolute atomic E-state index is 11.6. The lowest BCUT2D eigenvalue weighted by Gasteiger charge is -2.29. The molecule has 0 amide bonds. The second-order valence-electron chi connectivity index (χ2n) is 3.53. The van der Waals surface area contributed by atoms with Crippen LogP contribution < -0.4 is 9.64 Å². The summed E-state index contributed by atoms with van der Waals surface area (Å²) in [4.78, 5) is 13.6. The first kappa shape index (κ1) is 11.3. The summed E-state index contributed by atoms with van der Waals surface area (Å²) in [6, 6.07) is 3.53. The molecule has 4 nitrogen and oxygen atoms in total. The number of halogens is 1. The number of likely N-dealkylation sites (N-methyl/N-ethyl adjacent to an activating group) is 1. The number of benzene rings is 1. The molecule has 1 aromatic rings. The number of fused-ring (bicyclic) bond motifs is 1. The van der Waals surface area contributed by atoms with Crippen LogP contribution in [-0.4, -0.2) is 33.3 Å². The van der Waals surface area contributed by atoms with Gasteiger partial charge in [-0.25, -0.2) is 4.79 Å². The Morgan fingerprint density at radius 3 is 3.00 bits per heavy atom. The van der Waals surface area contributed by atoms with Gasteiger partial charge in [-0.2, -0.15) is 0 Å².